The predicted molar refractivity (Wildman–Crippen MR) is 99.1 cm³/mol. The van der Waals surface area contributed by atoms with Crippen LogP contribution in [0.3, 0.4) is 0 Å². The molecule has 2 aliphatic heterocycles. The second-order valence-corrected chi connectivity index (χ2v) is 7.27. The zero-order valence-electron chi connectivity index (χ0n) is 15.0. The van der Waals surface area contributed by atoms with Crippen molar-refractivity contribution < 1.29 is 14.3 Å². The number of morpholine rings is 1. The first-order chi connectivity index (χ1) is 12.6. The third kappa shape index (κ3) is 3.49. The molecule has 4 rings (SSSR count). The van der Waals surface area contributed by atoms with E-state index in [1.165, 1.54) is 0 Å². The largest absolute Gasteiger partial charge is 0.399 e. The molecule has 140 valence electrons. The summed E-state index contributed by atoms with van der Waals surface area (Å²) in [5, 5.41) is 0. The Hall–Kier alpha value is -2.28. The van der Waals surface area contributed by atoms with Crippen molar-refractivity contribution in [2.75, 3.05) is 63.1 Å². The number of piperazine rings is 1. The fourth-order valence-electron chi connectivity index (χ4n) is 3.69. The van der Waals surface area contributed by atoms with Gasteiger partial charge in [-0.3, -0.25) is 9.59 Å². The van der Waals surface area contributed by atoms with Crippen molar-refractivity contribution in [2.24, 2.45) is 5.92 Å². The number of nitrogen functional groups attached to an aromatic ring is 1. The SMILES string of the molecule is Nc1ccc(N2CCN(C(=O)C3CC3)CC2)c(C(=O)N2CCOCC2)c1. The predicted octanol–water partition coefficient (Wildman–Crippen LogP) is 0.800. The van der Waals surface area contributed by atoms with E-state index >= 15 is 0 Å². The molecule has 26 heavy (non-hydrogen) atoms. The van der Waals surface area contributed by atoms with Crippen LogP contribution < -0.4 is 10.6 Å². The molecule has 1 saturated carbocycles. The van der Waals surface area contributed by atoms with E-state index < -0.39 is 0 Å². The molecule has 0 spiro atoms. The van der Waals surface area contributed by atoms with Crippen molar-refractivity contribution in [3.63, 3.8) is 0 Å². The Morgan fingerprint density at radius 1 is 0.962 bits per heavy atom. The van der Waals surface area contributed by atoms with Gasteiger partial charge in [0.1, 0.15) is 0 Å². The normalized spacial score (nSPS) is 21.0. The van der Waals surface area contributed by atoms with Crippen LogP contribution in [0.4, 0.5) is 11.4 Å². The maximum atomic E-state index is 13.0. The van der Waals surface area contributed by atoms with Crippen molar-refractivity contribution in [2.45, 2.75) is 12.8 Å². The minimum atomic E-state index is 0.00656. The molecule has 2 N–H and O–H groups in total. The molecule has 0 radical (unpaired) electrons. The second-order valence-electron chi connectivity index (χ2n) is 7.27. The zero-order chi connectivity index (χ0) is 18.1. The van der Waals surface area contributed by atoms with Gasteiger partial charge in [-0.25, -0.2) is 0 Å². The zero-order valence-corrected chi connectivity index (χ0v) is 15.0. The fraction of sp³-hybridized carbons (Fsp3) is 0.579. The van der Waals surface area contributed by atoms with Crippen LogP contribution >= 0.6 is 0 Å². The summed E-state index contributed by atoms with van der Waals surface area (Å²) in [5.74, 6) is 0.565. The number of ether oxygens (including phenoxy) is 1. The first-order valence-corrected chi connectivity index (χ1v) is 9.44. The van der Waals surface area contributed by atoms with Gasteiger partial charge in [-0.2, -0.15) is 0 Å². The number of carbonyl (C=O) groups is 2. The maximum Gasteiger partial charge on any atom is 0.256 e. The van der Waals surface area contributed by atoms with Gasteiger partial charge in [0.25, 0.3) is 5.91 Å². The number of carbonyl (C=O) groups excluding carboxylic acids is 2. The van der Waals surface area contributed by atoms with Crippen molar-refractivity contribution in [3.8, 4) is 0 Å². The number of nitrogens with zero attached hydrogens (tertiary/aromatic N) is 3. The van der Waals surface area contributed by atoms with Crippen LogP contribution in [0.5, 0.6) is 0 Å². The van der Waals surface area contributed by atoms with Crippen molar-refractivity contribution in [1.29, 1.82) is 0 Å². The molecule has 2 saturated heterocycles. The van der Waals surface area contributed by atoms with Crippen LogP contribution in [-0.2, 0) is 9.53 Å². The highest BCUT2D eigenvalue weighted by atomic mass is 16.5. The summed E-state index contributed by atoms with van der Waals surface area (Å²) in [6, 6.07) is 5.55. The van der Waals surface area contributed by atoms with Gasteiger partial charge < -0.3 is 25.2 Å². The molecule has 2 amide bonds. The molecule has 1 aliphatic carbocycles. The van der Waals surface area contributed by atoms with E-state index in [2.05, 4.69) is 4.90 Å². The van der Waals surface area contributed by atoms with Crippen LogP contribution in [0.1, 0.15) is 23.2 Å². The molecular formula is C19H26N4O3. The Kier molecular flexibility index (Phi) is 4.72. The Bertz CT molecular complexity index is 690. The summed E-state index contributed by atoms with van der Waals surface area (Å²) in [4.78, 5) is 31.3. The van der Waals surface area contributed by atoms with E-state index in [4.69, 9.17) is 10.5 Å². The van der Waals surface area contributed by atoms with Crippen LogP contribution in [0.2, 0.25) is 0 Å². The molecule has 0 aromatic heterocycles. The Labute approximate surface area is 153 Å². The molecule has 0 bridgehead atoms. The molecule has 7 heteroatoms. The van der Waals surface area contributed by atoms with E-state index in [0.717, 1.165) is 31.6 Å². The summed E-state index contributed by atoms with van der Waals surface area (Å²) in [5.41, 5.74) is 8.11. The first-order valence-electron chi connectivity index (χ1n) is 9.44. The van der Waals surface area contributed by atoms with Gasteiger partial charge in [0.05, 0.1) is 18.8 Å². The van der Waals surface area contributed by atoms with Crippen molar-refractivity contribution >= 4 is 23.2 Å². The molecule has 0 unspecified atom stereocenters. The minimum absolute atomic E-state index is 0.00656. The van der Waals surface area contributed by atoms with Gasteiger partial charge in [-0.05, 0) is 31.0 Å². The van der Waals surface area contributed by atoms with Crippen molar-refractivity contribution in [3.05, 3.63) is 23.8 Å². The highest BCUT2D eigenvalue weighted by Gasteiger charge is 2.35. The monoisotopic (exact) mass is 358 g/mol. The quantitative estimate of drug-likeness (QED) is 0.809. The lowest BCUT2D eigenvalue weighted by Gasteiger charge is -2.37. The third-order valence-corrected chi connectivity index (χ3v) is 5.41. The number of amides is 2. The van der Waals surface area contributed by atoms with E-state index in [0.29, 0.717) is 56.6 Å². The van der Waals surface area contributed by atoms with Gasteiger partial charge in [0.15, 0.2) is 0 Å². The third-order valence-electron chi connectivity index (χ3n) is 5.41. The van der Waals surface area contributed by atoms with E-state index in [1.807, 2.05) is 21.9 Å². The topological polar surface area (TPSA) is 79.1 Å². The van der Waals surface area contributed by atoms with E-state index in [9.17, 15) is 9.59 Å². The van der Waals surface area contributed by atoms with Gasteiger partial charge in [-0.15, -0.1) is 0 Å². The Morgan fingerprint density at radius 3 is 2.31 bits per heavy atom. The van der Waals surface area contributed by atoms with Crippen LogP contribution in [-0.4, -0.2) is 74.1 Å². The number of anilines is 2. The smallest absolute Gasteiger partial charge is 0.256 e. The first kappa shape index (κ1) is 17.1. The van der Waals surface area contributed by atoms with Gasteiger partial charge >= 0.3 is 0 Å². The average Bonchev–Trinajstić information content (AvgIpc) is 3.53. The van der Waals surface area contributed by atoms with Gasteiger partial charge in [-0.1, -0.05) is 0 Å². The average molecular weight is 358 g/mol. The molecule has 1 aromatic carbocycles. The number of benzene rings is 1. The van der Waals surface area contributed by atoms with Crippen LogP contribution in [0.25, 0.3) is 0 Å². The molecule has 0 atom stereocenters. The summed E-state index contributed by atoms with van der Waals surface area (Å²) in [6.45, 7) is 5.28. The standard InChI is InChI=1S/C19H26N4O3/c20-15-3-4-17(16(13-15)19(25)23-9-11-26-12-10-23)21-5-7-22(8-6-21)18(24)14-1-2-14/h3-4,13-14H,1-2,5-12,20H2. The second kappa shape index (κ2) is 7.15. The molecular weight excluding hydrogens is 332 g/mol. The molecule has 7 nitrogen and oxygen atoms in total. The fourth-order valence-corrected chi connectivity index (χ4v) is 3.69. The van der Waals surface area contributed by atoms with E-state index in [1.54, 1.807) is 6.07 Å². The van der Waals surface area contributed by atoms with Crippen LogP contribution in [0, 0.1) is 5.92 Å². The van der Waals surface area contributed by atoms with E-state index in [-0.39, 0.29) is 11.8 Å². The number of hydrogen-bond acceptors (Lipinski definition) is 5. The highest BCUT2D eigenvalue weighted by molar-refractivity contribution is 6.01. The van der Waals surface area contributed by atoms with Gasteiger partial charge in [0, 0.05) is 56.6 Å². The lowest BCUT2D eigenvalue weighted by atomic mass is 10.1. The molecule has 3 aliphatic rings. The summed E-state index contributed by atoms with van der Waals surface area (Å²) < 4.78 is 5.35. The summed E-state index contributed by atoms with van der Waals surface area (Å²) >= 11 is 0. The number of nitrogens with two attached hydrogens (primary N) is 1. The molecule has 3 fully saturated rings. The highest BCUT2D eigenvalue weighted by Crippen LogP contribution is 2.32. The number of hydrogen-bond donors (Lipinski definition) is 1. The number of rotatable bonds is 3. The van der Waals surface area contributed by atoms with Crippen LogP contribution in [0.15, 0.2) is 18.2 Å². The summed E-state index contributed by atoms with van der Waals surface area (Å²) in [6.07, 6.45) is 2.07. The lowest BCUT2D eigenvalue weighted by Crippen LogP contribution is -2.50. The Morgan fingerprint density at radius 2 is 1.65 bits per heavy atom. The maximum absolute atomic E-state index is 13.0. The van der Waals surface area contributed by atoms with Gasteiger partial charge in [0.2, 0.25) is 5.91 Å². The molecule has 2 heterocycles. The molecule has 1 aromatic rings. The Balaban J connectivity index is 1.49. The lowest BCUT2D eigenvalue weighted by molar-refractivity contribution is -0.132. The minimum Gasteiger partial charge on any atom is -0.399 e. The summed E-state index contributed by atoms with van der Waals surface area (Å²) in [7, 11) is 0. The van der Waals surface area contributed by atoms with Crippen molar-refractivity contribution in [1.82, 2.24) is 9.80 Å².